The second kappa shape index (κ2) is 6.06. The van der Waals surface area contributed by atoms with Gasteiger partial charge in [-0.3, -0.25) is 9.59 Å². The van der Waals surface area contributed by atoms with Gasteiger partial charge in [0.15, 0.2) is 0 Å². The van der Waals surface area contributed by atoms with Gasteiger partial charge in [-0.1, -0.05) is 13.8 Å². The molecule has 3 rings (SSSR count). The van der Waals surface area contributed by atoms with Crippen molar-refractivity contribution in [2.24, 2.45) is 11.1 Å². The molecule has 1 aromatic rings. The van der Waals surface area contributed by atoms with Crippen molar-refractivity contribution < 1.29 is 14.3 Å². The topological polar surface area (TPSA) is 93.4 Å². The Labute approximate surface area is 145 Å². The Bertz CT molecular complexity index is 692. The van der Waals surface area contributed by atoms with Crippen LogP contribution in [0.5, 0.6) is 0 Å². The summed E-state index contributed by atoms with van der Waals surface area (Å²) in [5, 5.41) is 5.71. The standard InChI is InChI=1S/C17H23N3O3S/c1-4-23-13-8-17(18,16(13,2)3)15(22)19-10-5-6-12-11(7-10)20-14(21)9-24-12/h5-7,13H,4,8-9,18H2,1-3H3,(H,19,22)(H,20,21). The SMILES string of the molecule is CCOC1CC(N)(C(=O)Nc2ccc3c(c2)NC(=O)CS3)C1(C)C. The number of carbonyl (C=O) groups is 2. The summed E-state index contributed by atoms with van der Waals surface area (Å²) >= 11 is 1.49. The van der Waals surface area contributed by atoms with Gasteiger partial charge >= 0.3 is 0 Å². The molecule has 1 saturated carbocycles. The number of thioether (sulfide) groups is 1. The predicted molar refractivity (Wildman–Crippen MR) is 95.2 cm³/mol. The van der Waals surface area contributed by atoms with Crippen molar-refractivity contribution >= 4 is 35.0 Å². The fraction of sp³-hybridized carbons (Fsp3) is 0.529. The van der Waals surface area contributed by atoms with Gasteiger partial charge in [-0.2, -0.15) is 0 Å². The quantitative estimate of drug-likeness (QED) is 0.775. The van der Waals surface area contributed by atoms with E-state index in [4.69, 9.17) is 10.5 Å². The van der Waals surface area contributed by atoms with Gasteiger partial charge in [-0.05, 0) is 25.1 Å². The molecule has 1 aliphatic carbocycles. The molecule has 130 valence electrons. The molecular weight excluding hydrogens is 326 g/mol. The average molecular weight is 349 g/mol. The maximum Gasteiger partial charge on any atom is 0.245 e. The summed E-state index contributed by atoms with van der Waals surface area (Å²) in [5.74, 6) is 0.154. The number of nitrogens with one attached hydrogen (secondary N) is 2. The molecule has 0 radical (unpaired) electrons. The van der Waals surface area contributed by atoms with E-state index in [1.54, 1.807) is 6.07 Å². The van der Waals surface area contributed by atoms with Gasteiger partial charge in [0.25, 0.3) is 0 Å². The van der Waals surface area contributed by atoms with E-state index < -0.39 is 11.0 Å². The Kier molecular flexibility index (Phi) is 4.36. The van der Waals surface area contributed by atoms with Gasteiger partial charge in [0.2, 0.25) is 11.8 Å². The van der Waals surface area contributed by atoms with Crippen molar-refractivity contribution in [1.29, 1.82) is 0 Å². The molecule has 0 saturated heterocycles. The molecule has 1 heterocycles. The molecule has 2 unspecified atom stereocenters. The van der Waals surface area contributed by atoms with Crippen LogP contribution in [0.3, 0.4) is 0 Å². The third-order valence-electron chi connectivity index (χ3n) is 5.11. The van der Waals surface area contributed by atoms with Crippen LogP contribution < -0.4 is 16.4 Å². The lowest BCUT2D eigenvalue weighted by molar-refractivity contribution is -0.166. The molecule has 0 spiro atoms. The Balaban J connectivity index is 1.74. The number of benzene rings is 1. The summed E-state index contributed by atoms with van der Waals surface area (Å²) in [6, 6.07) is 5.50. The van der Waals surface area contributed by atoms with Gasteiger partial charge in [0.05, 0.1) is 17.5 Å². The lowest BCUT2D eigenvalue weighted by Crippen LogP contribution is -2.74. The van der Waals surface area contributed by atoms with Crippen molar-refractivity contribution in [3.05, 3.63) is 18.2 Å². The zero-order chi connectivity index (χ0) is 17.5. The number of rotatable bonds is 4. The van der Waals surface area contributed by atoms with Crippen LogP contribution in [0.2, 0.25) is 0 Å². The first-order valence-electron chi connectivity index (χ1n) is 8.06. The minimum absolute atomic E-state index is 0.0162. The van der Waals surface area contributed by atoms with Crippen molar-refractivity contribution in [2.75, 3.05) is 23.0 Å². The molecule has 6 nitrogen and oxygen atoms in total. The number of hydrogen-bond donors (Lipinski definition) is 3. The lowest BCUT2D eigenvalue weighted by Gasteiger charge is -2.57. The van der Waals surface area contributed by atoms with E-state index >= 15 is 0 Å². The number of amides is 2. The maximum atomic E-state index is 12.7. The number of nitrogens with two attached hydrogens (primary N) is 1. The van der Waals surface area contributed by atoms with E-state index in [-0.39, 0.29) is 17.9 Å². The molecule has 1 aromatic carbocycles. The van der Waals surface area contributed by atoms with Crippen LogP contribution in [0.25, 0.3) is 0 Å². The highest BCUT2D eigenvalue weighted by Crippen LogP contribution is 2.50. The van der Waals surface area contributed by atoms with Crippen LogP contribution in [0.15, 0.2) is 23.1 Å². The monoisotopic (exact) mass is 349 g/mol. The van der Waals surface area contributed by atoms with Crippen molar-refractivity contribution in [2.45, 2.75) is 43.7 Å². The van der Waals surface area contributed by atoms with Gasteiger partial charge in [-0.15, -0.1) is 11.8 Å². The molecular formula is C17H23N3O3S. The molecule has 2 aliphatic rings. The molecule has 2 amide bonds. The van der Waals surface area contributed by atoms with Crippen LogP contribution in [-0.2, 0) is 14.3 Å². The van der Waals surface area contributed by atoms with Gasteiger partial charge < -0.3 is 21.1 Å². The average Bonchev–Trinajstić information content (AvgIpc) is 2.54. The van der Waals surface area contributed by atoms with Gasteiger partial charge in [0.1, 0.15) is 5.54 Å². The molecule has 0 bridgehead atoms. The summed E-state index contributed by atoms with van der Waals surface area (Å²) in [4.78, 5) is 25.2. The lowest BCUT2D eigenvalue weighted by atomic mass is 9.54. The maximum absolute atomic E-state index is 12.7. The molecule has 7 heteroatoms. The molecule has 0 aromatic heterocycles. The molecule has 4 N–H and O–H groups in total. The van der Waals surface area contributed by atoms with Crippen LogP contribution in [-0.4, -0.2) is 35.8 Å². The first-order chi connectivity index (χ1) is 11.3. The summed E-state index contributed by atoms with van der Waals surface area (Å²) in [5.41, 5.74) is 6.33. The third-order valence-corrected chi connectivity index (χ3v) is 6.18. The highest BCUT2D eigenvalue weighted by atomic mass is 32.2. The predicted octanol–water partition coefficient (Wildman–Crippen LogP) is 2.20. The van der Waals surface area contributed by atoms with E-state index in [0.29, 0.717) is 24.5 Å². The minimum atomic E-state index is -0.971. The van der Waals surface area contributed by atoms with E-state index in [2.05, 4.69) is 10.6 Å². The summed E-state index contributed by atoms with van der Waals surface area (Å²) in [7, 11) is 0. The van der Waals surface area contributed by atoms with Crippen LogP contribution in [0.1, 0.15) is 27.2 Å². The van der Waals surface area contributed by atoms with Crippen LogP contribution >= 0.6 is 11.8 Å². The van der Waals surface area contributed by atoms with Gasteiger partial charge in [0, 0.05) is 29.0 Å². The largest absolute Gasteiger partial charge is 0.378 e. The van der Waals surface area contributed by atoms with Crippen molar-refractivity contribution in [3.63, 3.8) is 0 Å². The second-order valence-corrected chi connectivity index (χ2v) is 7.86. The van der Waals surface area contributed by atoms with Crippen LogP contribution in [0, 0.1) is 5.41 Å². The highest BCUT2D eigenvalue weighted by Gasteiger charge is 2.62. The number of ether oxygens (including phenoxy) is 1. The van der Waals surface area contributed by atoms with E-state index in [1.807, 2.05) is 32.9 Å². The fourth-order valence-electron chi connectivity index (χ4n) is 3.22. The van der Waals surface area contributed by atoms with E-state index in [9.17, 15) is 9.59 Å². The zero-order valence-electron chi connectivity index (χ0n) is 14.1. The molecule has 2 atom stereocenters. The Morgan fingerprint density at radius 1 is 1.50 bits per heavy atom. The Morgan fingerprint density at radius 3 is 2.92 bits per heavy atom. The van der Waals surface area contributed by atoms with E-state index in [0.717, 1.165) is 10.6 Å². The summed E-state index contributed by atoms with van der Waals surface area (Å²) in [6.45, 7) is 6.46. The number of anilines is 2. The summed E-state index contributed by atoms with van der Waals surface area (Å²) in [6.07, 6.45) is 0.481. The zero-order valence-corrected chi connectivity index (χ0v) is 15.0. The number of fused-ring (bicyclic) bond motifs is 1. The number of hydrogen-bond acceptors (Lipinski definition) is 5. The molecule has 1 aliphatic heterocycles. The Hall–Kier alpha value is -1.57. The Morgan fingerprint density at radius 2 is 2.25 bits per heavy atom. The molecule has 24 heavy (non-hydrogen) atoms. The van der Waals surface area contributed by atoms with Crippen LogP contribution in [0.4, 0.5) is 11.4 Å². The molecule has 1 fully saturated rings. The summed E-state index contributed by atoms with van der Waals surface area (Å²) < 4.78 is 5.66. The first kappa shape index (κ1) is 17.3. The smallest absolute Gasteiger partial charge is 0.245 e. The third kappa shape index (κ3) is 2.70. The van der Waals surface area contributed by atoms with Crippen molar-refractivity contribution in [3.8, 4) is 0 Å². The minimum Gasteiger partial charge on any atom is -0.378 e. The highest BCUT2D eigenvalue weighted by molar-refractivity contribution is 8.00. The second-order valence-electron chi connectivity index (χ2n) is 6.84. The van der Waals surface area contributed by atoms with Crippen molar-refractivity contribution in [1.82, 2.24) is 0 Å². The van der Waals surface area contributed by atoms with E-state index in [1.165, 1.54) is 11.8 Å². The number of carbonyl (C=O) groups excluding carboxylic acids is 2. The normalized spacial score (nSPS) is 27.7. The first-order valence-corrected chi connectivity index (χ1v) is 9.05. The van der Waals surface area contributed by atoms with Gasteiger partial charge in [-0.25, -0.2) is 0 Å². The fourth-order valence-corrected chi connectivity index (χ4v) is 4.01.